The maximum absolute atomic E-state index is 3.68. The lowest BCUT2D eigenvalue weighted by molar-refractivity contribution is 0.0956. The first-order valence-corrected chi connectivity index (χ1v) is 8.65. The molecule has 0 amide bonds. The molecule has 1 aromatic rings. The Kier molecular flexibility index (Phi) is 6.06. The molecule has 1 fully saturated rings. The van der Waals surface area contributed by atoms with Crippen molar-refractivity contribution >= 4 is 15.9 Å². The summed E-state index contributed by atoms with van der Waals surface area (Å²) in [5, 5.41) is 3.68. The molecule has 2 rings (SSSR count). The zero-order valence-electron chi connectivity index (χ0n) is 12.9. The van der Waals surface area contributed by atoms with Crippen molar-refractivity contribution in [3.05, 3.63) is 34.3 Å². The molecule has 1 aromatic carbocycles. The first kappa shape index (κ1) is 16.0. The van der Waals surface area contributed by atoms with Gasteiger partial charge in [-0.3, -0.25) is 4.90 Å². The summed E-state index contributed by atoms with van der Waals surface area (Å²) in [6.45, 7) is 9.29. The van der Waals surface area contributed by atoms with Gasteiger partial charge in [0.2, 0.25) is 0 Å². The van der Waals surface area contributed by atoms with E-state index in [2.05, 4.69) is 71.2 Å². The van der Waals surface area contributed by atoms with E-state index in [4.69, 9.17) is 0 Å². The Morgan fingerprint density at radius 3 is 2.65 bits per heavy atom. The van der Waals surface area contributed by atoms with Gasteiger partial charge in [-0.15, -0.1) is 0 Å². The Labute approximate surface area is 132 Å². The molecular formula is C17H27BrN2. The van der Waals surface area contributed by atoms with Crippen LogP contribution in [0.2, 0.25) is 0 Å². The summed E-state index contributed by atoms with van der Waals surface area (Å²) in [5.74, 6) is 0. The van der Waals surface area contributed by atoms with Gasteiger partial charge in [0, 0.05) is 29.1 Å². The molecular weight excluding hydrogens is 312 g/mol. The van der Waals surface area contributed by atoms with E-state index in [-0.39, 0.29) is 0 Å². The summed E-state index contributed by atoms with van der Waals surface area (Å²) in [6, 6.07) is 10.6. The lowest BCUT2D eigenvalue weighted by atomic mass is 9.94. The molecule has 0 bridgehead atoms. The smallest absolute Gasteiger partial charge is 0.0322 e. The summed E-state index contributed by atoms with van der Waals surface area (Å²) in [5.41, 5.74) is 1.42. The highest BCUT2D eigenvalue weighted by Gasteiger charge is 2.28. The molecule has 1 aliphatic rings. The largest absolute Gasteiger partial charge is 0.314 e. The van der Waals surface area contributed by atoms with Crippen LogP contribution in [0.3, 0.4) is 0 Å². The van der Waals surface area contributed by atoms with Crippen LogP contribution >= 0.6 is 15.9 Å². The third kappa shape index (κ3) is 4.06. The first-order valence-electron chi connectivity index (χ1n) is 7.86. The van der Waals surface area contributed by atoms with Crippen LogP contribution < -0.4 is 5.32 Å². The monoisotopic (exact) mass is 338 g/mol. The van der Waals surface area contributed by atoms with E-state index in [0.29, 0.717) is 18.1 Å². The Balaban J connectivity index is 1.94. The number of likely N-dealkylation sites (tertiary alicyclic amines) is 1. The van der Waals surface area contributed by atoms with Crippen molar-refractivity contribution in [2.75, 3.05) is 13.1 Å². The Morgan fingerprint density at radius 2 is 2.05 bits per heavy atom. The van der Waals surface area contributed by atoms with Crippen LogP contribution in [0.5, 0.6) is 0 Å². The molecule has 1 N–H and O–H groups in total. The fourth-order valence-electron chi connectivity index (χ4n) is 3.23. The zero-order valence-corrected chi connectivity index (χ0v) is 14.5. The minimum Gasteiger partial charge on any atom is -0.314 e. The van der Waals surface area contributed by atoms with E-state index in [9.17, 15) is 0 Å². The highest BCUT2D eigenvalue weighted by Crippen LogP contribution is 2.29. The summed E-state index contributed by atoms with van der Waals surface area (Å²) in [7, 11) is 0. The van der Waals surface area contributed by atoms with Crippen LogP contribution in [0, 0.1) is 0 Å². The SMILES string of the molecule is CCCNC1CCN(C(C)c2ccc(Br)cc2)C(C)C1. The zero-order chi connectivity index (χ0) is 14.5. The van der Waals surface area contributed by atoms with Crippen LogP contribution in [0.4, 0.5) is 0 Å². The van der Waals surface area contributed by atoms with Crippen LogP contribution in [0.25, 0.3) is 0 Å². The summed E-state index contributed by atoms with van der Waals surface area (Å²) in [6.07, 6.45) is 3.76. The lowest BCUT2D eigenvalue weighted by Gasteiger charge is -2.41. The van der Waals surface area contributed by atoms with Crippen LogP contribution in [0.1, 0.15) is 51.6 Å². The number of hydrogen-bond donors (Lipinski definition) is 1. The molecule has 3 unspecified atom stereocenters. The van der Waals surface area contributed by atoms with Crippen molar-refractivity contribution in [3.63, 3.8) is 0 Å². The minimum atomic E-state index is 0.505. The van der Waals surface area contributed by atoms with Gasteiger partial charge in [-0.1, -0.05) is 35.0 Å². The fraction of sp³-hybridized carbons (Fsp3) is 0.647. The molecule has 2 nitrogen and oxygen atoms in total. The number of nitrogens with one attached hydrogen (secondary N) is 1. The molecule has 0 saturated carbocycles. The number of benzene rings is 1. The van der Waals surface area contributed by atoms with Gasteiger partial charge in [-0.05, 0) is 57.4 Å². The summed E-state index contributed by atoms with van der Waals surface area (Å²) >= 11 is 3.51. The number of halogens is 1. The van der Waals surface area contributed by atoms with E-state index < -0.39 is 0 Å². The Hall–Kier alpha value is -0.380. The third-order valence-electron chi connectivity index (χ3n) is 4.46. The highest BCUT2D eigenvalue weighted by molar-refractivity contribution is 9.10. The Morgan fingerprint density at radius 1 is 1.35 bits per heavy atom. The number of hydrogen-bond acceptors (Lipinski definition) is 2. The summed E-state index contributed by atoms with van der Waals surface area (Å²) in [4.78, 5) is 2.65. The molecule has 0 aliphatic carbocycles. The second-order valence-corrected chi connectivity index (χ2v) is 6.91. The van der Waals surface area contributed by atoms with Gasteiger partial charge in [0.1, 0.15) is 0 Å². The van der Waals surface area contributed by atoms with E-state index in [1.807, 2.05) is 0 Å². The predicted molar refractivity (Wildman–Crippen MR) is 90.0 cm³/mol. The predicted octanol–water partition coefficient (Wildman–Crippen LogP) is 4.36. The van der Waals surface area contributed by atoms with Gasteiger partial charge >= 0.3 is 0 Å². The number of rotatable bonds is 5. The van der Waals surface area contributed by atoms with Crippen molar-refractivity contribution in [2.45, 2.75) is 58.2 Å². The van der Waals surface area contributed by atoms with Gasteiger partial charge in [0.15, 0.2) is 0 Å². The van der Waals surface area contributed by atoms with E-state index in [1.165, 1.54) is 31.4 Å². The van der Waals surface area contributed by atoms with Crippen molar-refractivity contribution < 1.29 is 0 Å². The molecule has 1 saturated heterocycles. The van der Waals surface area contributed by atoms with Gasteiger partial charge in [-0.2, -0.15) is 0 Å². The van der Waals surface area contributed by atoms with Gasteiger partial charge in [-0.25, -0.2) is 0 Å². The average Bonchev–Trinajstić information content (AvgIpc) is 2.45. The van der Waals surface area contributed by atoms with Crippen LogP contribution in [-0.4, -0.2) is 30.1 Å². The minimum absolute atomic E-state index is 0.505. The fourth-order valence-corrected chi connectivity index (χ4v) is 3.50. The van der Waals surface area contributed by atoms with Crippen molar-refractivity contribution in [1.82, 2.24) is 10.2 Å². The molecule has 0 spiro atoms. The van der Waals surface area contributed by atoms with E-state index >= 15 is 0 Å². The van der Waals surface area contributed by atoms with Crippen molar-refractivity contribution in [1.29, 1.82) is 0 Å². The molecule has 1 aliphatic heterocycles. The molecule has 3 heteroatoms. The van der Waals surface area contributed by atoms with Gasteiger partial charge in [0.25, 0.3) is 0 Å². The highest BCUT2D eigenvalue weighted by atomic mass is 79.9. The molecule has 0 aromatic heterocycles. The second-order valence-electron chi connectivity index (χ2n) is 5.99. The topological polar surface area (TPSA) is 15.3 Å². The average molecular weight is 339 g/mol. The summed E-state index contributed by atoms with van der Waals surface area (Å²) < 4.78 is 1.16. The van der Waals surface area contributed by atoms with E-state index in [0.717, 1.165) is 11.0 Å². The lowest BCUT2D eigenvalue weighted by Crippen LogP contribution is -2.48. The molecule has 20 heavy (non-hydrogen) atoms. The second kappa shape index (κ2) is 7.58. The molecule has 3 atom stereocenters. The van der Waals surface area contributed by atoms with E-state index in [1.54, 1.807) is 0 Å². The van der Waals surface area contributed by atoms with Crippen LogP contribution in [-0.2, 0) is 0 Å². The maximum Gasteiger partial charge on any atom is 0.0322 e. The first-order chi connectivity index (χ1) is 9.61. The molecule has 112 valence electrons. The van der Waals surface area contributed by atoms with Gasteiger partial charge < -0.3 is 5.32 Å². The van der Waals surface area contributed by atoms with Crippen molar-refractivity contribution in [3.8, 4) is 0 Å². The number of piperidine rings is 1. The maximum atomic E-state index is 3.68. The molecule has 1 heterocycles. The number of nitrogens with zero attached hydrogens (tertiary/aromatic N) is 1. The van der Waals surface area contributed by atoms with Gasteiger partial charge in [0.05, 0.1) is 0 Å². The standard InChI is InChI=1S/C17H27BrN2/c1-4-10-19-17-9-11-20(13(2)12-17)14(3)15-5-7-16(18)8-6-15/h5-8,13-14,17,19H,4,9-12H2,1-3H3. The molecule has 0 radical (unpaired) electrons. The quantitative estimate of drug-likeness (QED) is 0.857. The normalized spacial score (nSPS) is 25.6. The van der Waals surface area contributed by atoms with Crippen molar-refractivity contribution in [2.24, 2.45) is 0 Å². The van der Waals surface area contributed by atoms with Crippen LogP contribution in [0.15, 0.2) is 28.7 Å². The Bertz CT molecular complexity index is 404. The third-order valence-corrected chi connectivity index (χ3v) is 4.99.